The van der Waals surface area contributed by atoms with E-state index < -0.39 is 0 Å². The van der Waals surface area contributed by atoms with Crippen molar-refractivity contribution in [3.8, 4) is 5.75 Å². The van der Waals surface area contributed by atoms with E-state index in [0.717, 1.165) is 12.8 Å². The number of nitrogens with zero attached hydrogens (tertiary/aromatic N) is 1. The van der Waals surface area contributed by atoms with Crippen LogP contribution in [0.3, 0.4) is 0 Å². The molecule has 1 aliphatic rings. The fraction of sp³-hybridized carbons (Fsp3) is 0.562. The molecule has 1 fully saturated rings. The number of para-hydroxylation sites is 1. The van der Waals surface area contributed by atoms with Crippen molar-refractivity contribution < 1.29 is 9.53 Å². The predicted octanol–water partition coefficient (Wildman–Crippen LogP) is 3.07. The van der Waals surface area contributed by atoms with E-state index in [-0.39, 0.29) is 5.91 Å². The highest BCUT2D eigenvalue weighted by Gasteiger charge is 2.25. The second-order valence-electron chi connectivity index (χ2n) is 5.36. The van der Waals surface area contributed by atoms with E-state index in [0.29, 0.717) is 29.6 Å². The van der Waals surface area contributed by atoms with E-state index in [1.807, 2.05) is 18.9 Å². The first kappa shape index (κ1) is 14.7. The average Bonchev–Trinajstić information content (AvgIpc) is 2.49. The Labute approximate surface area is 120 Å². The monoisotopic (exact) mass is 276 g/mol. The van der Waals surface area contributed by atoms with Crippen molar-refractivity contribution in [1.29, 1.82) is 0 Å². The van der Waals surface area contributed by atoms with Gasteiger partial charge in [-0.25, -0.2) is 0 Å². The third-order valence-corrected chi connectivity index (χ3v) is 4.01. The number of carbonyl (C=O) groups excluding carboxylic acids is 1. The van der Waals surface area contributed by atoms with E-state index >= 15 is 0 Å². The number of amides is 1. The van der Waals surface area contributed by atoms with Gasteiger partial charge >= 0.3 is 0 Å². The lowest BCUT2D eigenvalue weighted by molar-refractivity contribution is 0.0692. The molecule has 4 nitrogen and oxygen atoms in total. The number of hydrogen-bond acceptors (Lipinski definition) is 3. The molecule has 1 amide bonds. The molecule has 0 bridgehead atoms. The van der Waals surface area contributed by atoms with Crippen molar-refractivity contribution in [2.24, 2.45) is 0 Å². The van der Waals surface area contributed by atoms with Crippen molar-refractivity contribution in [2.75, 3.05) is 19.4 Å². The number of benzene rings is 1. The molecule has 0 saturated heterocycles. The summed E-state index contributed by atoms with van der Waals surface area (Å²) in [5.41, 5.74) is 7.02. The van der Waals surface area contributed by atoms with Crippen LogP contribution in [0.25, 0.3) is 0 Å². The van der Waals surface area contributed by atoms with Crippen molar-refractivity contribution in [1.82, 2.24) is 4.90 Å². The minimum absolute atomic E-state index is 0.00708. The van der Waals surface area contributed by atoms with Gasteiger partial charge in [-0.2, -0.15) is 0 Å². The Morgan fingerprint density at radius 2 is 2.05 bits per heavy atom. The molecule has 0 radical (unpaired) electrons. The van der Waals surface area contributed by atoms with Gasteiger partial charge in [0, 0.05) is 13.1 Å². The first-order chi connectivity index (χ1) is 9.65. The highest BCUT2D eigenvalue weighted by Crippen LogP contribution is 2.29. The van der Waals surface area contributed by atoms with Gasteiger partial charge in [0.05, 0.1) is 17.9 Å². The summed E-state index contributed by atoms with van der Waals surface area (Å²) in [5, 5.41) is 0. The SMILES string of the molecule is CCOc1c(N)cccc1C(=O)N(C)C1CCCCC1. The molecule has 2 N–H and O–H groups in total. The summed E-state index contributed by atoms with van der Waals surface area (Å²) in [4.78, 5) is 14.5. The van der Waals surface area contributed by atoms with Crippen molar-refractivity contribution in [2.45, 2.75) is 45.1 Å². The standard InChI is InChI=1S/C16H24N2O2/c1-3-20-15-13(10-7-11-14(15)17)16(19)18(2)12-8-5-4-6-9-12/h7,10-12H,3-6,8-9,17H2,1-2H3. The lowest BCUT2D eigenvalue weighted by Crippen LogP contribution is -2.38. The van der Waals surface area contributed by atoms with Crippen LogP contribution in [0.15, 0.2) is 18.2 Å². The Hall–Kier alpha value is -1.71. The van der Waals surface area contributed by atoms with Gasteiger partial charge in [0.1, 0.15) is 0 Å². The second-order valence-corrected chi connectivity index (χ2v) is 5.36. The molecular weight excluding hydrogens is 252 g/mol. The van der Waals surface area contributed by atoms with Crippen LogP contribution in [-0.4, -0.2) is 30.5 Å². The lowest BCUT2D eigenvalue weighted by atomic mass is 9.94. The van der Waals surface area contributed by atoms with Crippen LogP contribution in [0.1, 0.15) is 49.4 Å². The van der Waals surface area contributed by atoms with Gasteiger partial charge in [0.15, 0.2) is 5.75 Å². The summed E-state index contributed by atoms with van der Waals surface area (Å²) in [7, 11) is 1.89. The molecule has 1 saturated carbocycles. The lowest BCUT2D eigenvalue weighted by Gasteiger charge is -2.31. The molecule has 110 valence electrons. The molecule has 0 unspecified atom stereocenters. The van der Waals surface area contributed by atoms with Crippen LogP contribution < -0.4 is 10.5 Å². The van der Waals surface area contributed by atoms with Crippen molar-refractivity contribution in [3.05, 3.63) is 23.8 Å². The van der Waals surface area contributed by atoms with Gasteiger partial charge < -0.3 is 15.4 Å². The molecule has 0 aromatic heterocycles. The molecule has 0 atom stereocenters. The van der Waals surface area contributed by atoms with Gasteiger partial charge in [-0.3, -0.25) is 4.79 Å². The van der Waals surface area contributed by atoms with Crippen LogP contribution in [0.5, 0.6) is 5.75 Å². The molecule has 2 rings (SSSR count). The molecule has 1 aliphatic carbocycles. The van der Waals surface area contributed by atoms with E-state index in [2.05, 4.69) is 0 Å². The first-order valence-corrected chi connectivity index (χ1v) is 7.43. The van der Waals surface area contributed by atoms with Crippen molar-refractivity contribution in [3.63, 3.8) is 0 Å². The summed E-state index contributed by atoms with van der Waals surface area (Å²) in [6.07, 6.45) is 5.87. The van der Waals surface area contributed by atoms with Crippen LogP contribution in [0.2, 0.25) is 0 Å². The van der Waals surface area contributed by atoms with Crippen LogP contribution in [0, 0.1) is 0 Å². The number of nitrogens with two attached hydrogens (primary N) is 1. The van der Waals surface area contributed by atoms with E-state index in [4.69, 9.17) is 10.5 Å². The Kier molecular flexibility index (Phi) is 4.88. The summed E-state index contributed by atoms with van der Waals surface area (Å²) in [5.74, 6) is 0.523. The maximum Gasteiger partial charge on any atom is 0.257 e. The highest BCUT2D eigenvalue weighted by atomic mass is 16.5. The van der Waals surface area contributed by atoms with Gasteiger partial charge in [-0.05, 0) is 31.9 Å². The predicted molar refractivity (Wildman–Crippen MR) is 81.0 cm³/mol. The first-order valence-electron chi connectivity index (χ1n) is 7.43. The van der Waals surface area contributed by atoms with Crippen LogP contribution in [-0.2, 0) is 0 Å². The largest absolute Gasteiger partial charge is 0.491 e. The fourth-order valence-corrected chi connectivity index (χ4v) is 2.85. The molecule has 4 heteroatoms. The normalized spacial score (nSPS) is 15.9. The van der Waals surface area contributed by atoms with E-state index in [9.17, 15) is 4.79 Å². The molecule has 0 heterocycles. The minimum Gasteiger partial charge on any atom is -0.491 e. The van der Waals surface area contributed by atoms with Gasteiger partial charge in [0.25, 0.3) is 5.91 Å². The van der Waals surface area contributed by atoms with E-state index in [1.165, 1.54) is 19.3 Å². The minimum atomic E-state index is 0.00708. The number of rotatable bonds is 4. The number of ether oxygens (including phenoxy) is 1. The quantitative estimate of drug-likeness (QED) is 0.860. The zero-order valence-electron chi connectivity index (χ0n) is 12.4. The Morgan fingerprint density at radius 1 is 1.35 bits per heavy atom. The second kappa shape index (κ2) is 6.64. The zero-order valence-corrected chi connectivity index (χ0v) is 12.4. The number of nitrogen functional groups attached to an aromatic ring is 1. The molecule has 0 aliphatic heterocycles. The van der Waals surface area contributed by atoms with Gasteiger partial charge in [0.2, 0.25) is 0 Å². The zero-order chi connectivity index (χ0) is 14.5. The molecule has 1 aromatic carbocycles. The van der Waals surface area contributed by atoms with E-state index in [1.54, 1.807) is 18.2 Å². The molecule has 20 heavy (non-hydrogen) atoms. The Balaban J connectivity index is 2.21. The van der Waals surface area contributed by atoms with Gasteiger partial charge in [-0.1, -0.05) is 25.3 Å². The number of hydrogen-bond donors (Lipinski definition) is 1. The highest BCUT2D eigenvalue weighted by molar-refractivity contribution is 5.98. The molecule has 1 aromatic rings. The fourth-order valence-electron chi connectivity index (χ4n) is 2.85. The Bertz CT molecular complexity index is 468. The van der Waals surface area contributed by atoms with Crippen molar-refractivity contribution >= 4 is 11.6 Å². The van der Waals surface area contributed by atoms with Crippen LogP contribution in [0.4, 0.5) is 5.69 Å². The van der Waals surface area contributed by atoms with Gasteiger partial charge in [-0.15, -0.1) is 0 Å². The topological polar surface area (TPSA) is 55.6 Å². The summed E-state index contributed by atoms with van der Waals surface area (Å²) < 4.78 is 5.55. The molecule has 0 spiro atoms. The molecular formula is C16H24N2O2. The summed E-state index contributed by atoms with van der Waals surface area (Å²) >= 11 is 0. The average molecular weight is 276 g/mol. The number of carbonyl (C=O) groups is 1. The number of anilines is 1. The smallest absolute Gasteiger partial charge is 0.257 e. The van der Waals surface area contributed by atoms with Crippen LogP contribution >= 0.6 is 0 Å². The maximum absolute atomic E-state index is 12.7. The summed E-state index contributed by atoms with van der Waals surface area (Å²) in [6.45, 7) is 2.40. The Morgan fingerprint density at radius 3 is 2.70 bits per heavy atom. The third kappa shape index (κ3) is 3.06. The third-order valence-electron chi connectivity index (χ3n) is 4.01. The summed E-state index contributed by atoms with van der Waals surface area (Å²) in [6, 6.07) is 5.71. The maximum atomic E-state index is 12.7.